The topological polar surface area (TPSA) is 70.2 Å². The highest BCUT2D eigenvalue weighted by Gasteiger charge is 2.06. The Bertz CT molecular complexity index is 951. The van der Waals surface area contributed by atoms with Crippen LogP contribution >= 0.6 is 0 Å². The second-order valence-corrected chi connectivity index (χ2v) is 6.51. The third-order valence-corrected chi connectivity index (χ3v) is 4.04. The Kier molecular flexibility index (Phi) is 5.35. The monoisotopic (exact) mass is 361 g/mol. The summed E-state index contributed by atoms with van der Waals surface area (Å²) in [6.45, 7) is 3.40. The number of nitrogens with zero attached hydrogens (tertiary/aromatic N) is 3. The summed E-state index contributed by atoms with van der Waals surface area (Å²) in [5.41, 5.74) is 3.54. The van der Waals surface area contributed by atoms with Gasteiger partial charge in [0.15, 0.2) is 5.78 Å². The molecule has 0 aliphatic carbocycles. The molecule has 0 spiro atoms. The molecule has 0 bridgehead atoms. The molecule has 27 heavy (non-hydrogen) atoms. The van der Waals surface area contributed by atoms with Gasteiger partial charge in [-0.2, -0.15) is 0 Å². The summed E-state index contributed by atoms with van der Waals surface area (Å²) in [5, 5.41) is 6.54. The normalized spacial score (nSPS) is 10.4. The summed E-state index contributed by atoms with van der Waals surface area (Å²) >= 11 is 0. The van der Waals surface area contributed by atoms with Crippen LogP contribution in [0.3, 0.4) is 0 Å². The van der Waals surface area contributed by atoms with Crippen LogP contribution in [0, 0.1) is 6.92 Å². The van der Waals surface area contributed by atoms with E-state index in [1.165, 1.54) is 0 Å². The average Bonchev–Trinajstić information content (AvgIpc) is 2.62. The molecule has 138 valence electrons. The fraction of sp³-hybridized carbons (Fsp3) is 0.190. The number of hydrogen-bond donors (Lipinski definition) is 2. The molecule has 2 aromatic carbocycles. The molecule has 0 unspecified atom stereocenters. The molecule has 2 N–H and O–H groups in total. The molecular weight excluding hydrogens is 338 g/mol. The molecule has 0 saturated heterocycles. The van der Waals surface area contributed by atoms with Gasteiger partial charge in [0, 0.05) is 42.8 Å². The first-order chi connectivity index (χ1) is 12.9. The minimum Gasteiger partial charge on any atom is -0.378 e. The zero-order chi connectivity index (χ0) is 19.4. The first kappa shape index (κ1) is 18.4. The van der Waals surface area contributed by atoms with Crippen LogP contribution in [0.15, 0.2) is 54.6 Å². The number of benzene rings is 2. The Morgan fingerprint density at radius 2 is 1.52 bits per heavy atom. The highest BCUT2D eigenvalue weighted by Crippen LogP contribution is 2.22. The largest absolute Gasteiger partial charge is 0.378 e. The summed E-state index contributed by atoms with van der Waals surface area (Å²) in [6, 6.07) is 17.3. The van der Waals surface area contributed by atoms with Crippen LogP contribution in [0.5, 0.6) is 0 Å². The Balaban J connectivity index is 1.80. The standard InChI is InChI=1S/C21H23N5O/c1-14(27)16-6-5-7-18(12-16)25-21-13-20(22-15(2)23-21)24-17-8-10-19(11-9-17)26(3)4/h5-13H,1-4H3,(H2,22,23,24,25). The van der Waals surface area contributed by atoms with E-state index in [0.717, 1.165) is 17.1 Å². The maximum absolute atomic E-state index is 11.6. The maximum Gasteiger partial charge on any atom is 0.159 e. The number of aromatic nitrogens is 2. The van der Waals surface area contributed by atoms with Gasteiger partial charge in [-0.25, -0.2) is 9.97 Å². The number of nitrogens with one attached hydrogen (secondary N) is 2. The molecule has 0 aliphatic rings. The predicted octanol–water partition coefficient (Wildman–Crippen LogP) is 4.54. The fourth-order valence-electron chi connectivity index (χ4n) is 2.65. The van der Waals surface area contributed by atoms with E-state index in [1.54, 1.807) is 13.0 Å². The van der Waals surface area contributed by atoms with Gasteiger partial charge in [0.1, 0.15) is 17.5 Å². The van der Waals surface area contributed by atoms with Crippen molar-refractivity contribution >= 4 is 34.5 Å². The van der Waals surface area contributed by atoms with Crippen LogP contribution in [-0.2, 0) is 0 Å². The van der Waals surface area contributed by atoms with Gasteiger partial charge in [-0.1, -0.05) is 12.1 Å². The first-order valence-electron chi connectivity index (χ1n) is 8.69. The van der Waals surface area contributed by atoms with Crippen LogP contribution in [0.2, 0.25) is 0 Å². The van der Waals surface area contributed by atoms with Crippen molar-refractivity contribution in [1.82, 2.24) is 9.97 Å². The van der Waals surface area contributed by atoms with Crippen molar-refractivity contribution in [3.05, 3.63) is 66.0 Å². The van der Waals surface area contributed by atoms with Crippen molar-refractivity contribution in [2.24, 2.45) is 0 Å². The van der Waals surface area contributed by atoms with Crippen molar-refractivity contribution in [1.29, 1.82) is 0 Å². The van der Waals surface area contributed by atoms with Crippen LogP contribution in [0.25, 0.3) is 0 Å². The number of carbonyl (C=O) groups excluding carboxylic acids is 1. The predicted molar refractivity (Wildman–Crippen MR) is 111 cm³/mol. The van der Waals surface area contributed by atoms with Gasteiger partial charge < -0.3 is 15.5 Å². The van der Waals surface area contributed by atoms with E-state index in [1.807, 2.05) is 69.6 Å². The van der Waals surface area contributed by atoms with Gasteiger partial charge in [-0.05, 0) is 50.2 Å². The Morgan fingerprint density at radius 1 is 0.889 bits per heavy atom. The summed E-state index contributed by atoms with van der Waals surface area (Å²) in [6.07, 6.45) is 0. The molecule has 0 atom stereocenters. The Hall–Kier alpha value is -3.41. The SMILES string of the molecule is CC(=O)c1cccc(Nc2cc(Nc3ccc(N(C)C)cc3)nc(C)n2)c1. The van der Waals surface area contributed by atoms with E-state index < -0.39 is 0 Å². The summed E-state index contributed by atoms with van der Waals surface area (Å²) < 4.78 is 0. The lowest BCUT2D eigenvalue weighted by atomic mass is 10.1. The number of carbonyl (C=O) groups is 1. The van der Waals surface area contributed by atoms with Crippen LogP contribution in [0.4, 0.5) is 28.7 Å². The number of aryl methyl sites for hydroxylation is 1. The quantitative estimate of drug-likeness (QED) is 0.628. The van der Waals surface area contributed by atoms with E-state index in [0.29, 0.717) is 23.0 Å². The second kappa shape index (κ2) is 7.86. The Morgan fingerprint density at radius 3 is 2.11 bits per heavy atom. The third kappa shape index (κ3) is 4.82. The number of Topliss-reactive ketones (excluding diaryl/α,β-unsaturated/α-hetero) is 1. The smallest absolute Gasteiger partial charge is 0.159 e. The average molecular weight is 361 g/mol. The van der Waals surface area contributed by atoms with Crippen molar-refractivity contribution < 1.29 is 4.79 Å². The van der Waals surface area contributed by atoms with Crippen LogP contribution in [-0.4, -0.2) is 29.8 Å². The van der Waals surface area contributed by atoms with Crippen molar-refractivity contribution in [3.63, 3.8) is 0 Å². The molecule has 1 aromatic heterocycles. The zero-order valence-electron chi connectivity index (χ0n) is 15.9. The van der Waals surface area contributed by atoms with Crippen molar-refractivity contribution in [2.45, 2.75) is 13.8 Å². The number of hydrogen-bond acceptors (Lipinski definition) is 6. The minimum atomic E-state index is 0.0287. The van der Waals surface area contributed by atoms with Crippen LogP contribution < -0.4 is 15.5 Å². The highest BCUT2D eigenvalue weighted by molar-refractivity contribution is 5.95. The first-order valence-corrected chi connectivity index (χ1v) is 8.69. The summed E-state index contributed by atoms with van der Waals surface area (Å²) in [4.78, 5) is 22.5. The zero-order valence-corrected chi connectivity index (χ0v) is 15.9. The van der Waals surface area contributed by atoms with Gasteiger partial charge in [-0.15, -0.1) is 0 Å². The summed E-state index contributed by atoms with van der Waals surface area (Å²) in [7, 11) is 4.02. The molecule has 0 aliphatic heterocycles. The number of anilines is 5. The van der Waals surface area contributed by atoms with Gasteiger partial charge >= 0.3 is 0 Å². The molecular formula is C21H23N5O. The third-order valence-electron chi connectivity index (χ3n) is 4.04. The number of rotatable bonds is 6. The van der Waals surface area contributed by atoms with E-state index in [4.69, 9.17) is 0 Å². The lowest BCUT2D eigenvalue weighted by Crippen LogP contribution is -2.08. The lowest BCUT2D eigenvalue weighted by Gasteiger charge is -2.14. The molecule has 0 saturated carbocycles. The maximum atomic E-state index is 11.6. The summed E-state index contributed by atoms with van der Waals surface area (Å²) in [5.74, 6) is 2.04. The minimum absolute atomic E-state index is 0.0287. The van der Waals surface area contributed by atoms with Crippen molar-refractivity contribution in [3.8, 4) is 0 Å². The molecule has 3 aromatic rings. The Labute approximate surface area is 159 Å². The van der Waals surface area contributed by atoms with Crippen molar-refractivity contribution in [2.75, 3.05) is 29.6 Å². The van der Waals surface area contributed by atoms with E-state index in [2.05, 4.69) is 25.5 Å². The molecule has 3 rings (SSSR count). The second-order valence-electron chi connectivity index (χ2n) is 6.51. The van der Waals surface area contributed by atoms with Crippen LogP contribution in [0.1, 0.15) is 23.1 Å². The van der Waals surface area contributed by atoms with Gasteiger partial charge in [0.25, 0.3) is 0 Å². The molecule has 0 fully saturated rings. The lowest BCUT2D eigenvalue weighted by molar-refractivity contribution is 0.101. The van der Waals surface area contributed by atoms with E-state index in [-0.39, 0.29) is 5.78 Å². The molecule has 6 heteroatoms. The van der Waals surface area contributed by atoms with Gasteiger partial charge in [0.05, 0.1) is 0 Å². The highest BCUT2D eigenvalue weighted by atomic mass is 16.1. The van der Waals surface area contributed by atoms with E-state index >= 15 is 0 Å². The fourth-order valence-corrected chi connectivity index (χ4v) is 2.65. The van der Waals surface area contributed by atoms with Gasteiger partial charge in [-0.3, -0.25) is 4.79 Å². The number of ketones is 1. The molecule has 0 amide bonds. The van der Waals surface area contributed by atoms with E-state index in [9.17, 15) is 4.79 Å². The molecule has 1 heterocycles. The van der Waals surface area contributed by atoms with Gasteiger partial charge in [0.2, 0.25) is 0 Å². The molecule has 0 radical (unpaired) electrons. The molecule has 6 nitrogen and oxygen atoms in total.